The maximum atomic E-state index is 12.0. The number of hydrogen-bond acceptors (Lipinski definition) is 9. The fourth-order valence-corrected chi connectivity index (χ4v) is 7.66. The first kappa shape index (κ1) is 46.5. The van der Waals surface area contributed by atoms with Gasteiger partial charge in [-0.25, -0.2) is 53.8 Å². The minimum atomic E-state index is -3.79. The highest BCUT2D eigenvalue weighted by atomic mass is 32.2. The summed E-state index contributed by atoms with van der Waals surface area (Å²) in [6, 6.07) is 20.0. The Labute approximate surface area is 326 Å². The molecule has 1 fully saturated rings. The number of aryl methyl sites for hydroxylation is 1. The Hall–Kier alpha value is -4.68. The lowest BCUT2D eigenvalue weighted by Crippen LogP contribution is -2.45. The Balaban J connectivity index is 0.000000286. The van der Waals surface area contributed by atoms with Crippen molar-refractivity contribution >= 4 is 48.2 Å². The van der Waals surface area contributed by atoms with E-state index < -0.39 is 48.2 Å². The van der Waals surface area contributed by atoms with Crippen molar-refractivity contribution < 1.29 is 39.6 Å². The van der Waals surface area contributed by atoms with Gasteiger partial charge in [-0.3, -0.25) is 0 Å². The van der Waals surface area contributed by atoms with E-state index in [1.54, 1.807) is 48.5 Å². The van der Waals surface area contributed by atoms with E-state index in [1.165, 1.54) is 42.8 Å². The van der Waals surface area contributed by atoms with Crippen LogP contribution in [0.4, 0.5) is 14.4 Å². The van der Waals surface area contributed by atoms with Crippen LogP contribution in [0.15, 0.2) is 99.6 Å². The fraction of sp³-hybridized carbons (Fsp3) is 0.432. The smallest absolute Gasteiger partial charge is 0.328 e. The molecule has 3 aromatic rings. The second kappa shape index (κ2) is 23.3. The Morgan fingerprint density at radius 3 is 1.45 bits per heavy atom. The number of carbonyl (C=O) groups is 3. The number of benzene rings is 3. The molecule has 18 heteroatoms. The first-order valence-electron chi connectivity index (χ1n) is 18.1. The summed E-state index contributed by atoms with van der Waals surface area (Å²) < 4.78 is 77.0. The Morgan fingerprint density at radius 1 is 0.600 bits per heavy atom. The van der Waals surface area contributed by atoms with E-state index in [0.717, 1.165) is 50.5 Å². The van der Waals surface area contributed by atoms with Crippen molar-refractivity contribution in [1.29, 1.82) is 0 Å². The number of unbranched alkanes of at least 4 members (excludes halogenated alkanes) is 1. The second-order valence-corrected chi connectivity index (χ2v) is 18.2. The number of amides is 6. The molecule has 0 unspecified atom stereocenters. The number of carbonyl (C=O) groups excluding carboxylic acids is 3. The van der Waals surface area contributed by atoms with E-state index in [4.69, 9.17) is 0 Å². The summed E-state index contributed by atoms with van der Waals surface area (Å²) in [5, 5.41) is 7.72. The number of rotatable bonds is 13. The molecule has 1 aliphatic rings. The molecule has 1 aliphatic carbocycles. The Kier molecular flexibility index (Phi) is 19.7. The lowest BCUT2D eigenvalue weighted by Gasteiger charge is -2.22. The van der Waals surface area contributed by atoms with E-state index in [2.05, 4.69) is 20.7 Å². The third-order valence-electron chi connectivity index (χ3n) is 7.88. The van der Waals surface area contributed by atoms with Crippen molar-refractivity contribution in [3.8, 4) is 0 Å². The topological polar surface area (TPSA) is 226 Å². The van der Waals surface area contributed by atoms with E-state index >= 15 is 0 Å². The van der Waals surface area contributed by atoms with E-state index in [0.29, 0.717) is 19.0 Å². The molecule has 0 saturated heterocycles. The summed E-state index contributed by atoms with van der Waals surface area (Å²) in [4.78, 5) is 34.7. The molecule has 304 valence electrons. The summed E-state index contributed by atoms with van der Waals surface area (Å²) >= 11 is 0. The largest absolute Gasteiger partial charge is 0.337 e. The zero-order chi connectivity index (χ0) is 40.9. The molecule has 0 aliphatic heterocycles. The third-order valence-corrected chi connectivity index (χ3v) is 11.9. The first-order valence-corrected chi connectivity index (χ1v) is 22.5. The van der Waals surface area contributed by atoms with Crippen LogP contribution in [-0.4, -0.2) is 62.5 Å². The quantitative estimate of drug-likeness (QED) is 0.119. The average molecular weight is 823 g/mol. The molecule has 1 saturated carbocycles. The SMILES string of the molecule is CC(C)CCNC(=O)NS(=O)(=O)c1ccccc1.CCCCNC(=O)NS(=O)(=O)c1ccccc1.Cc1ccc(S(=O)(=O)NC(=O)NC2CCCCC2)cc1. The molecule has 0 heterocycles. The predicted molar refractivity (Wildman–Crippen MR) is 212 cm³/mol. The molecule has 3 aromatic carbocycles. The number of urea groups is 3. The molecular weight excluding hydrogens is 769 g/mol. The van der Waals surface area contributed by atoms with Gasteiger partial charge in [-0.05, 0) is 74.9 Å². The van der Waals surface area contributed by atoms with Crippen LogP contribution in [0.25, 0.3) is 0 Å². The van der Waals surface area contributed by atoms with Crippen LogP contribution in [0.3, 0.4) is 0 Å². The molecule has 6 N–H and O–H groups in total. The lowest BCUT2D eigenvalue weighted by molar-refractivity contribution is 0.237. The lowest BCUT2D eigenvalue weighted by atomic mass is 9.96. The minimum absolute atomic E-state index is 0.0732. The predicted octanol–water partition coefficient (Wildman–Crippen LogP) is 5.51. The second-order valence-electron chi connectivity index (χ2n) is 13.1. The molecule has 0 aromatic heterocycles. The number of hydrogen-bond donors (Lipinski definition) is 6. The fourth-order valence-electron chi connectivity index (χ4n) is 4.85. The molecule has 4 rings (SSSR count). The summed E-state index contributed by atoms with van der Waals surface area (Å²) in [5.74, 6) is 0.455. The van der Waals surface area contributed by atoms with Gasteiger partial charge in [0.25, 0.3) is 30.1 Å². The van der Waals surface area contributed by atoms with Crippen molar-refractivity contribution in [2.75, 3.05) is 13.1 Å². The zero-order valence-electron chi connectivity index (χ0n) is 31.7. The van der Waals surface area contributed by atoms with Crippen LogP contribution in [-0.2, 0) is 30.1 Å². The molecule has 15 nitrogen and oxygen atoms in total. The Bertz CT molecular complexity index is 1960. The van der Waals surface area contributed by atoms with Crippen molar-refractivity contribution in [3.05, 3.63) is 90.5 Å². The van der Waals surface area contributed by atoms with Gasteiger partial charge in [-0.2, -0.15) is 0 Å². The van der Waals surface area contributed by atoms with Crippen LogP contribution < -0.4 is 30.1 Å². The molecule has 0 bridgehead atoms. The normalized spacial score (nSPS) is 13.1. The standard InChI is InChI=1S/C14H20N2O3S.C12H18N2O3S.C11H16N2O3S/c1-11-7-9-13(10-8-11)20(18,19)16-14(17)15-12-5-3-2-4-6-12;1-10(2)8-9-13-12(15)14-18(16,17)11-6-4-3-5-7-11;1-2-3-9-12-11(14)13-17(15,16)10-7-5-4-6-8-10/h7-10,12H,2-6H2,1H3,(H2,15,16,17);3-7,10H,8-9H2,1-2H3,(H2,13,14,15);4-8H,2-3,9H2,1H3,(H2,12,13,14). The minimum Gasteiger partial charge on any atom is -0.337 e. The van der Waals surface area contributed by atoms with Crippen molar-refractivity contribution in [1.82, 2.24) is 30.1 Å². The monoisotopic (exact) mass is 822 g/mol. The van der Waals surface area contributed by atoms with Crippen molar-refractivity contribution in [2.45, 2.75) is 99.8 Å². The summed E-state index contributed by atoms with van der Waals surface area (Å²) in [5.41, 5.74) is 0.968. The molecule has 55 heavy (non-hydrogen) atoms. The van der Waals surface area contributed by atoms with Gasteiger partial charge in [0.2, 0.25) is 0 Å². The van der Waals surface area contributed by atoms with Crippen LogP contribution in [0.2, 0.25) is 0 Å². The van der Waals surface area contributed by atoms with Gasteiger partial charge in [0, 0.05) is 19.1 Å². The summed E-state index contributed by atoms with van der Waals surface area (Å²) in [7, 11) is -11.3. The maximum absolute atomic E-state index is 12.0. The molecule has 0 atom stereocenters. The van der Waals surface area contributed by atoms with E-state index in [-0.39, 0.29) is 20.7 Å². The van der Waals surface area contributed by atoms with Gasteiger partial charge in [-0.15, -0.1) is 0 Å². The number of nitrogens with one attached hydrogen (secondary N) is 6. The van der Waals surface area contributed by atoms with Gasteiger partial charge in [-0.1, -0.05) is 101 Å². The summed E-state index contributed by atoms with van der Waals surface area (Å²) in [6.07, 6.45) is 7.73. The Morgan fingerprint density at radius 2 is 1.02 bits per heavy atom. The van der Waals surface area contributed by atoms with Gasteiger partial charge in [0.1, 0.15) is 0 Å². The highest BCUT2D eigenvalue weighted by molar-refractivity contribution is 7.90. The molecule has 0 spiro atoms. The van der Waals surface area contributed by atoms with E-state index in [1.807, 2.05) is 37.1 Å². The van der Waals surface area contributed by atoms with Crippen LogP contribution in [0, 0.1) is 12.8 Å². The van der Waals surface area contributed by atoms with Crippen molar-refractivity contribution in [3.63, 3.8) is 0 Å². The van der Waals surface area contributed by atoms with Gasteiger partial charge < -0.3 is 16.0 Å². The van der Waals surface area contributed by atoms with Crippen LogP contribution >= 0.6 is 0 Å². The van der Waals surface area contributed by atoms with Crippen LogP contribution in [0.1, 0.15) is 77.7 Å². The zero-order valence-corrected chi connectivity index (χ0v) is 34.2. The molecular formula is C37H54N6O9S3. The van der Waals surface area contributed by atoms with E-state index in [9.17, 15) is 39.6 Å². The van der Waals surface area contributed by atoms with Crippen LogP contribution in [0.5, 0.6) is 0 Å². The van der Waals surface area contributed by atoms with Crippen molar-refractivity contribution in [2.24, 2.45) is 5.92 Å². The highest BCUT2D eigenvalue weighted by Gasteiger charge is 2.21. The maximum Gasteiger partial charge on any atom is 0.328 e. The first-order chi connectivity index (χ1) is 25.9. The highest BCUT2D eigenvalue weighted by Crippen LogP contribution is 2.17. The van der Waals surface area contributed by atoms with Gasteiger partial charge >= 0.3 is 18.1 Å². The number of sulfonamides is 3. The summed E-state index contributed by atoms with van der Waals surface area (Å²) in [6.45, 7) is 8.83. The third kappa shape index (κ3) is 18.5. The van der Waals surface area contributed by atoms with Gasteiger partial charge in [0.15, 0.2) is 0 Å². The molecule has 6 amide bonds. The molecule has 0 radical (unpaired) electrons. The van der Waals surface area contributed by atoms with Gasteiger partial charge in [0.05, 0.1) is 14.7 Å². The average Bonchev–Trinajstić information content (AvgIpc) is 3.13.